The molecule has 1 N–H and O–H groups in total. The number of nitrogens with one attached hydrogen (secondary N) is 1. The van der Waals surface area contributed by atoms with Gasteiger partial charge in [-0.1, -0.05) is 30.3 Å². The van der Waals surface area contributed by atoms with Crippen LogP contribution in [0.4, 0.5) is 8.78 Å². The van der Waals surface area contributed by atoms with Crippen molar-refractivity contribution in [1.82, 2.24) is 9.62 Å². The topological polar surface area (TPSA) is 67.9 Å². The molecule has 0 amide bonds. The average Bonchev–Trinajstić information content (AvgIpc) is 2.65. The molecule has 6 nitrogen and oxygen atoms in total. The summed E-state index contributed by atoms with van der Waals surface area (Å²) in [6.45, 7) is 1.85. The Balaban J connectivity index is 1.66. The largest absolute Gasteiger partial charge is 0.434 e. The van der Waals surface area contributed by atoms with Gasteiger partial charge in [0.05, 0.1) is 18.0 Å². The lowest BCUT2D eigenvalue weighted by atomic mass is 10.0. The molecule has 0 saturated carbocycles. The van der Waals surface area contributed by atoms with Crippen LogP contribution in [0, 0.1) is 0 Å². The first-order valence-electron chi connectivity index (χ1n) is 9.55. The Morgan fingerprint density at radius 2 is 1.86 bits per heavy atom. The molecule has 2 aromatic rings. The fraction of sp³-hybridized carbons (Fsp3) is 0.500. The van der Waals surface area contributed by atoms with E-state index in [1.165, 1.54) is 10.4 Å². The lowest BCUT2D eigenvalue weighted by Gasteiger charge is -2.34. The number of nitrogens with zero attached hydrogens (tertiary/aromatic N) is 1. The highest BCUT2D eigenvalue weighted by Crippen LogP contribution is 2.29. The van der Waals surface area contributed by atoms with Crippen LogP contribution < -0.4 is 10.1 Å². The average molecular weight is 429 g/mol. The van der Waals surface area contributed by atoms with Gasteiger partial charge in [-0.05, 0) is 30.7 Å². The third kappa shape index (κ3) is 5.63. The number of benzene rings is 2. The van der Waals surface area contributed by atoms with Gasteiger partial charge in [-0.3, -0.25) is 0 Å². The fourth-order valence-electron chi connectivity index (χ4n) is 3.61. The van der Waals surface area contributed by atoms with Gasteiger partial charge in [0.25, 0.3) is 0 Å². The number of fused-ring (bicyclic) bond motifs is 1. The summed E-state index contributed by atoms with van der Waals surface area (Å²) >= 11 is 0. The van der Waals surface area contributed by atoms with E-state index in [0.29, 0.717) is 18.7 Å². The van der Waals surface area contributed by atoms with Crippen LogP contribution in [0.15, 0.2) is 36.4 Å². The predicted molar refractivity (Wildman–Crippen MR) is 108 cm³/mol. The number of hydrogen-bond donors (Lipinski definition) is 1. The first kappa shape index (κ1) is 21.9. The van der Waals surface area contributed by atoms with Crippen LogP contribution in [0.25, 0.3) is 10.8 Å². The van der Waals surface area contributed by atoms with E-state index >= 15 is 0 Å². The maximum atomic E-state index is 12.8. The lowest BCUT2D eigenvalue weighted by Crippen LogP contribution is -2.49. The standard InChI is InChI=1S/C20H26F2N2O4S/c1-14-12-24(13-15(2)27-14)29(25,26)10-9-23-11-18-17-6-4-3-5-16(17)7-8-19(18)28-20(21)22/h3-8,14-15,20,23H,9-13H2,1-2H3. The lowest BCUT2D eigenvalue weighted by molar-refractivity contribution is -0.0504. The highest BCUT2D eigenvalue weighted by Gasteiger charge is 2.30. The monoisotopic (exact) mass is 428 g/mol. The van der Waals surface area contributed by atoms with Gasteiger partial charge in [-0.15, -0.1) is 0 Å². The molecule has 160 valence electrons. The minimum absolute atomic E-state index is 0.0811. The first-order valence-corrected chi connectivity index (χ1v) is 11.2. The molecule has 0 aromatic heterocycles. The number of hydrogen-bond acceptors (Lipinski definition) is 5. The van der Waals surface area contributed by atoms with Crippen molar-refractivity contribution >= 4 is 20.8 Å². The van der Waals surface area contributed by atoms with Crippen LogP contribution in [-0.2, 0) is 21.3 Å². The Morgan fingerprint density at radius 1 is 1.17 bits per heavy atom. The van der Waals surface area contributed by atoms with E-state index in [0.717, 1.165) is 10.8 Å². The molecule has 0 spiro atoms. The van der Waals surface area contributed by atoms with Gasteiger partial charge in [0, 0.05) is 31.7 Å². The molecule has 9 heteroatoms. The summed E-state index contributed by atoms with van der Waals surface area (Å²) in [5, 5.41) is 4.75. The molecule has 1 saturated heterocycles. The number of morpholine rings is 1. The van der Waals surface area contributed by atoms with Crippen LogP contribution in [-0.4, -0.2) is 56.9 Å². The molecule has 1 heterocycles. The second-order valence-corrected chi connectivity index (χ2v) is 9.30. The van der Waals surface area contributed by atoms with Crippen LogP contribution in [0.5, 0.6) is 5.75 Å². The van der Waals surface area contributed by atoms with Crippen LogP contribution in [0.2, 0.25) is 0 Å². The van der Waals surface area contributed by atoms with E-state index < -0.39 is 16.6 Å². The van der Waals surface area contributed by atoms with Crippen molar-refractivity contribution in [3.63, 3.8) is 0 Å². The third-order valence-corrected chi connectivity index (χ3v) is 6.64. The molecule has 3 rings (SSSR count). The van der Waals surface area contributed by atoms with E-state index in [-0.39, 0.29) is 36.8 Å². The number of alkyl halides is 2. The zero-order chi connectivity index (χ0) is 21.0. The Bertz CT molecular complexity index is 929. The van der Waals surface area contributed by atoms with Crippen LogP contribution in [0.1, 0.15) is 19.4 Å². The Labute approximate surface area is 169 Å². The van der Waals surface area contributed by atoms with E-state index in [9.17, 15) is 17.2 Å². The molecule has 2 atom stereocenters. The molecular formula is C20H26F2N2O4S. The molecule has 2 unspecified atom stereocenters. The molecule has 1 fully saturated rings. The number of ether oxygens (including phenoxy) is 2. The normalized spacial score (nSPS) is 21.0. The minimum atomic E-state index is -3.44. The molecule has 0 radical (unpaired) electrons. The quantitative estimate of drug-likeness (QED) is 0.655. The highest BCUT2D eigenvalue weighted by atomic mass is 32.2. The number of rotatable bonds is 8. The Kier molecular flexibility index (Phi) is 7.05. The van der Waals surface area contributed by atoms with Crippen molar-refractivity contribution in [1.29, 1.82) is 0 Å². The smallest absolute Gasteiger partial charge is 0.387 e. The van der Waals surface area contributed by atoms with Crippen molar-refractivity contribution in [2.75, 3.05) is 25.4 Å². The predicted octanol–water partition coefficient (Wildman–Crippen LogP) is 2.97. The maximum Gasteiger partial charge on any atom is 0.387 e. The van der Waals surface area contributed by atoms with Gasteiger partial charge >= 0.3 is 6.61 Å². The summed E-state index contributed by atoms with van der Waals surface area (Å²) in [5.41, 5.74) is 0.578. The van der Waals surface area contributed by atoms with Crippen LogP contribution in [0.3, 0.4) is 0 Å². The molecule has 0 aliphatic carbocycles. The second-order valence-electron chi connectivity index (χ2n) is 7.21. The summed E-state index contributed by atoms with van der Waals surface area (Å²) in [6, 6.07) is 10.6. The highest BCUT2D eigenvalue weighted by molar-refractivity contribution is 7.89. The van der Waals surface area contributed by atoms with Gasteiger partial charge in [0.1, 0.15) is 5.75 Å². The van der Waals surface area contributed by atoms with E-state index in [4.69, 9.17) is 4.74 Å². The molecule has 1 aliphatic heterocycles. The zero-order valence-corrected chi connectivity index (χ0v) is 17.3. The van der Waals surface area contributed by atoms with Crippen molar-refractivity contribution in [3.8, 4) is 5.75 Å². The van der Waals surface area contributed by atoms with Crippen molar-refractivity contribution in [3.05, 3.63) is 42.0 Å². The second kappa shape index (κ2) is 9.34. The fourth-order valence-corrected chi connectivity index (χ4v) is 5.14. The molecule has 29 heavy (non-hydrogen) atoms. The van der Waals surface area contributed by atoms with E-state index in [1.54, 1.807) is 6.07 Å². The number of halogens is 2. The minimum Gasteiger partial charge on any atom is -0.434 e. The van der Waals surface area contributed by atoms with E-state index in [2.05, 4.69) is 10.1 Å². The maximum absolute atomic E-state index is 12.8. The SMILES string of the molecule is CC1CN(S(=O)(=O)CCNCc2c(OC(F)F)ccc3ccccc23)CC(C)O1. The first-order chi connectivity index (χ1) is 13.8. The molecule has 2 aromatic carbocycles. The van der Waals surface area contributed by atoms with Crippen molar-refractivity contribution in [2.45, 2.75) is 39.2 Å². The number of sulfonamides is 1. The third-order valence-electron chi connectivity index (χ3n) is 4.83. The van der Waals surface area contributed by atoms with Crippen molar-refractivity contribution < 1.29 is 26.7 Å². The summed E-state index contributed by atoms with van der Waals surface area (Å²) in [7, 11) is -3.44. The zero-order valence-electron chi connectivity index (χ0n) is 16.5. The van der Waals surface area contributed by atoms with E-state index in [1.807, 2.05) is 38.1 Å². The molecular weight excluding hydrogens is 402 g/mol. The summed E-state index contributed by atoms with van der Waals surface area (Å²) in [6.07, 6.45) is -0.294. The van der Waals surface area contributed by atoms with Crippen LogP contribution >= 0.6 is 0 Å². The Hall–Kier alpha value is -1.81. The molecule has 0 bridgehead atoms. The van der Waals surface area contributed by atoms with Gasteiger partial charge < -0.3 is 14.8 Å². The van der Waals surface area contributed by atoms with Gasteiger partial charge in [-0.25, -0.2) is 8.42 Å². The van der Waals surface area contributed by atoms with Gasteiger partial charge in [-0.2, -0.15) is 13.1 Å². The summed E-state index contributed by atoms with van der Waals surface area (Å²) in [5.74, 6) is 0.00675. The van der Waals surface area contributed by atoms with Crippen molar-refractivity contribution in [2.24, 2.45) is 0 Å². The van der Waals surface area contributed by atoms with Gasteiger partial charge in [0.15, 0.2) is 0 Å². The summed E-state index contributed by atoms with van der Waals surface area (Å²) in [4.78, 5) is 0. The Morgan fingerprint density at radius 3 is 2.55 bits per heavy atom. The molecule has 1 aliphatic rings. The summed E-state index contributed by atoms with van der Waals surface area (Å²) < 4.78 is 62.5. The van der Waals surface area contributed by atoms with Gasteiger partial charge in [0.2, 0.25) is 10.0 Å².